The Bertz CT molecular complexity index is 508. The molecule has 0 aliphatic carbocycles. The third-order valence-corrected chi connectivity index (χ3v) is 3.00. The zero-order valence-corrected chi connectivity index (χ0v) is 11.6. The first-order chi connectivity index (χ1) is 9.29. The van der Waals surface area contributed by atoms with E-state index < -0.39 is 0 Å². The van der Waals surface area contributed by atoms with Gasteiger partial charge in [-0.3, -0.25) is 5.10 Å². The first kappa shape index (κ1) is 13.6. The predicted molar refractivity (Wildman–Crippen MR) is 76.3 cm³/mol. The molecule has 2 N–H and O–H groups in total. The third-order valence-electron chi connectivity index (χ3n) is 3.00. The summed E-state index contributed by atoms with van der Waals surface area (Å²) in [6, 6.07) is 10.3. The van der Waals surface area contributed by atoms with E-state index in [1.165, 1.54) is 11.1 Å². The SMILES string of the molecule is CCNCCc1ccccc1COc1cc(C)[nH]n1. The molecule has 1 aromatic carbocycles. The van der Waals surface area contributed by atoms with E-state index in [-0.39, 0.29) is 0 Å². The Morgan fingerprint density at radius 3 is 2.74 bits per heavy atom. The van der Waals surface area contributed by atoms with Crippen LogP contribution < -0.4 is 10.1 Å². The lowest BCUT2D eigenvalue weighted by atomic mass is 10.1. The maximum absolute atomic E-state index is 5.70. The van der Waals surface area contributed by atoms with Gasteiger partial charge in [0.1, 0.15) is 6.61 Å². The maximum atomic E-state index is 5.70. The number of ether oxygens (including phenoxy) is 1. The van der Waals surface area contributed by atoms with Crippen molar-refractivity contribution >= 4 is 0 Å². The lowest BCUT2D eigenvalue weighted by Crippen LogP contribution is -2.17. The molecule has 1 heterocycles. The highest BCUT2D eigenvalue weighted by Gasteiger charge is 2.04. The zero-order chi connectivity index (χ0) is 13.5. The van der Waals surface area contributed by atoms with Crippen LogP contribution in [0.4, 0.5) is 0 Å². The van der Waals surface area contributed by atoms with Crippen molar-refractivity contribution in [1.82, 2.24) is 15.5 Å². The Kier molecular flexibility index (Phi) is 4.98. The Hall–Kier alpha value is -1.81. The molecule has 102 valence electrons. The van der Waals surface area contributed by atoms with E-state index in [1.807, 2.05) is 19.1 Å². The summed E-state index contributed by atoms with van der Waals surface area (Å²) < 4.78 is 5.70. The number of nitrogens with zero attached hydrogens (tertiary/aromatic N) is 1. The lowest BCUT2D eigenvalue weighted by Gasteiger charge is -2.10. The molecule has 0 amide bonds. The van der Waals surface area contributed by atoms with E-state index in [1.54, 1.807) is 0 Å². The molecule has 0 saturated heterocycles. The van der Waals surface area contributed by atoms with Gasteiger partial charge in [-0.25, -0.2) is 0 Å². The summed E-state index contributed by atoms with van der Waals surface area (Å²) >= 11 is 0. The van der Waals surface area contributed by atoms with Crippen molar-refractivity contribution in [1.29, 1.82) is 0 Å². The molecule has 2 rings (SSSR count). The minimum absolute atomic E-state index is 0.562. The topological polar surface area (TPSA) is 49.9 Å². The van der Waals surface area contributed by atoms with Crippen molar-refractivity contribution in [2.24, 2.45) is 0 Å². The van der Waals surface area contributed by atoms with Gasteiger partial charge in [-0.2, -0.15) is 0 Å². The number of aromatic amines is 1. The molecular weight excluding hydrogens is 238 g/mol. The fourth-order valence-electron chi connectivity index (χ4n) is 1.96. The van der Waals surface area contributed by atoms with Crippen LogP contribution >= 0.6 is 0 Å². The van der Waals surface area contributed by atoms with Crippen molar-refractivity contribution in [3.63, 3.8) is 0 Å². The Morgan fingerprint density at radius 1 is 1.26 bits per heavy atom. The summed E-state index contributed by atoms with van der Waals surface area (Å²) in [5, 5.41) is 10.3. The fourth-order valence-corrected chi connectivity index (χ4v) is 1.96. The van der Waals surface area contributed by atoms with Crippen molar-refractivity contribution in [3.05, 3.63) is 47.2 Å². The van der Waals surface area contributed by atoms with E-state index in [4.69, 9.17) is 4.74 Å². The molecule has 0 radical (unpaired) electrons. The molecule has 1 aromatic heterocycles. The number of benzene rings is 1. The summed E-state index contributed by atoms with van der Waals surface area (Å²) in [6.07, 6.45) is 1.02. The predicted octanol–water partition coefficient (Wildman–Crippen LogP) is 2.45. The summed E-state index contributed by atoms with van der Waals surface area (Å²) in [5.41, 5.74) is 3.56. The number of likely N-dealkylation sites (N-methyl/N-ethyl adjacent to an activating group) is 1. The minimum Gasteiger partial charge on any atom is -0.472 e. The van der Waals surface area contributed by atoms with Crippen LogP contribution in [0.25, 0.3) is 0 Å². The highest BCUT2D eigenvalue weighted by molar-refractivity contribution is 5.27. The summed E-state index contributed by atoms with van der Waals surface area (Å²) in [5.74, 6) is 0.652. The lowest BCUT2D eigenvalue weighted by molar-refractivity contribution is 0.292. The van der Waals surface area contributed by atoms with Gasteiger partial charge in [-0.1, -0.05) is 31.2 Å². The van der Waals surface area contributed by atoms with E-state index in [9.17, 15) is 0 Å². The van der Waals surface area contributed by atoms with Gasteiger partial charge in [-0.15, -0.1) is 5.10 Å². The highest BCUT2D eigenvalue weighted by Crippen LogP contribution is 2.14. The number of hydrogen-bond acceptors (Lipinski definition) is 3. The molecule has 4 heteroatoms. The quantitative estimate of drug-likeness (QED) is 0.751. The molecule has 0 aliphatic rings. The second-order valence-electron chi connectivity index (χ2n) is 4.55. The molecule has 0 unspecified atom stereocenters. The van der Waals surface area contributed by atoms with Crippen LogP contribution in [0, 0.1) is 6.92 Å². The maximum Gasteiger partial charge on any atom is 0.233 e. The highest BCUT2D eigenvalue weighted by atomic mass is 16.5. The van der Waals surface area contributed by atoms with Crippen molar-refractivity contribution < 1.29 is 4.74 Å². The van der Waals surface area contributed by atoms with Gasteiger partial charge in [0.05, 0.1) is 0 Å². The number of aryl methyl sites for hydroxylation is 1. The number of nitrogens with one attached hydrogen (secondary N) is 2. The molecule has 0 bridgehead atoms. The molecule has 0 atom stereocenters. The molecule has 0 saturated carbocycles. The van der Waals surface area contributed by atoms with E-state index in [2.05, 4.69) is 40.6 Å². The fraction of sp³-hybridized carbons (Fsp3) is 0.400. The van der Waals surface area contributed by atoms with Gasteiger partial charge in [-0.05, 0) is 37.6 Å². The number of rotatable bonds is 7. The Labute approximate surface area is 114 Å². The van der Waals surface area contributed by atoms with Crippen LogP contribution in [0.3, 0.4) is 0 Å². The average Bonchev–Trinajstić information content (AvgIpc) is 2.84. The first-order valence-electron chi connectivity index (χ1n) is 6.72. The molecule has 0 fully saturated rings. The van der Waals surface area contributed by atoms with Gasteiger partial charge < -0.3 is 10.1 Å². The Balaban J connectivity index is 1.95. The largest absolute Gasteiger partial charge is 0.472 e. The first-order valence-corrected chi connectivity index (χ1v) is 6.72. The van der Waals surface area contributed by atoms with E-state index in [0.717, 1.165) is 25.2 Å². The second-order valence-corrected chi connectivity index (χ2v) is 4.55. The molecular formula is C15H21N3O. The second kappa shape index (κ2) is 6.95. The van der Waals surface area contributed by atoms with Crippen molar-refractivity contribution in [2.75, 3.05) is 13.1 Å². The molecule has 19 heavy (non-hydrogen) atoms. The summed E-state index contributed by atoms with van der Waals surface area (Å²) in [4.78, 5) is 0. The van der Waals surface area contributed by atoms with Gasteiger partial charge in [0, 0.05) is 11.8 Å². The van der Waals surface area contributed by atoms with Gasteiger partial charge in [0.15, 0.2) is 0 Å². The van der Waals surface area contributed by atoms with E-state index in [0.29, 0.717) is 12.5 Å². The average molecular weight is 259 g/mol. The van der Waals surface area contributed by atoms with Crippen LogP contribution in [0.5, 0.6) is 5.88 Å². The zero-order valence-electron chi connectivity index (χ0n) is 11.6. The minimum atomic E-state index is 0.562. The Morgan fingerprint density at radius 2 is 2.05 bits per heavy atom. The third kappa shape index (κ3) is 4.10. The van der Waals surface area contributed by atoms with Gasteiger partial charge in [0.25, 0.3) is 0 Å². The molecule has 0 spiro atoms. The molecule has 0 aliphatic heterocycles. The molecule has 2 aromatic rings. The number of aromatic nitrogens is 2. The monoisotopic (exact) mass is 259 g/mol. The summed E-state index contributed by atoms with van der Waals surface area (Å²) in [7, 11) is 0. The van der Waals surface area contributed by atoms with Crippen LogP contribution in [0.15, 0.2) is 30.3 Å². The smallest absolute Gasteiger partial charge is 0.233 e. The van der Waals surface area contributed by atoms with Gasteiger partial charge in [0.2, 0.25) is 5.88 Å². The standard InChI is InChI=1S/C15H21N3O/c1-3-16-9-8-13-6-4-5-7-14(13)11-19-15-10-12(2)17-18-15/h4-7,10,16H,3,8-9,11H2,1-2H3,(H,17,18). The molecule has 4 nitrogen and oxygen atoms in total. The van der Waals surface area contributed by atoms with E-state index >= 15 is 0 Å². The van der Waals surface area contributed by atoms with Crippen LogP contribution in [0.1, 0.15) is 23.7 Å². The van der Waals surface area contributed by atoms with Crippen LogP contribution in [-0.4, -0.2) is 23.3 Å². The number of hydrogen-bond donors (Lipinski definition) is 2. The normalized spacial score (nSPS) is 10.6. The van der Waals surface area contributed by atoms with Crippen molar-refractivity contribution in [2.45, 2.75) is 26.9 Å². The van der Waals surface area contributed by atoms with Crippen LogP contribution in [-0.2, 0) is 13.0 Å². The van der Waals surface area contributed by atoms with Crippen molar-refractivity contribution in [3.8, 4) is 5.88 Å². The van der Waals surface area contributed by atoms with Gasteiger partial charge >= 0.3 is 0 Å². The van der Waals surface area contributed by atoms with Crippen LogP contribution in [0.2, 0.25) is 0 Å². The summed E-state index contributed by atoms with van der Waals surface area (Å²) in [6.45, 7) is 6.64. The number of H-pyrrole nitrogens is 1.